The number of hydrogen-bond donors (Lipinski definition) is 1. The largest absolute Gasteiger partial charge is 0.493 e. The highest BCUT2D eigenvalue weighted by molar-refractivity contribution is 5.98. The number of nitrogens with one attached hydrogen (secondary N) is 1. The summed E-state index contributed by atoms with van der Waals surface area (Å²) in [5, 5.41) is 11.0. The number of anilines is 1. The summed E-state index contributed by atoms with van der Waals surface area (Å²) in [5.74, 6) is 0.860. The van der Waals surface area contributed by atoms with Crippen LogP contribution < -0.4 is 10.1 Å². The van der Waals surface area contributed by atoms with E-state index in [1.165, 1.54) is 0 Å². The molecule has 2 heterocycles. The van der Waals surface area contributed by atoms with Crippen molar-refractivity contribution in [1.29, 1.82) is 0 Å². The fraction of sp³-hybridized carbons (Fsp3) is 0.348. The van der Waals surface area contributed by atoms with E-state index in [0.29, 0.717) is 23.8 Å². The first-order valence-corrected chi connectivity index (χ1v) is 10.2. The second-order valence-electron chi connectivity index (χ2n) is 7.55. The highest BCUT2D eigenvalue weighted by Crippen LogP contribution is 2.37. The molecule has 1 saturated heterocycles. The molecule has 0 spiro atoms. The number of piperidine rings is 1. The van der Waals surface area contributed by atoms with Gasteiger partial charge in [-0.15, -0.1) is 5.10 Å². The predicted molar refractivity (Wildman–Crippen MR) is 114 cm³/mol. The molecular weight excluding hydrogens is 380 g/mol. The van der Waals surface area contributed by atoms with Gasteiger partial charge in [0.25, 0.3) is 5.89 Å². The van der Waals surface area contributed by atoms with Crippen LogP contribution in [-0.4, -0.2) is 47.7 Å². The number of aromatic nitrogens is 2. The summed E-state index contributed by atoms with van der Waals surface area (Å²) < 4.78 is 11.4. The SMILES string of the molecule is CCOc1ccccc1-c1nnc(NC(=O)C2(c3ccccc3)CCN(C)CC2)o1. The van der Waals surface area contributed by atoms with Gasteiger partial charge < -0.3 is 14.1 Å². The molecule has 1 aliphatic rings. The van der Waals surface area contributed by atoms with E-state index in [2.05, 4.69) is 27.5 Å². The van der Waals surface area contributed by atoms with Crippen LogP contribution in [0.4, 0.5) is 6.01 Å². The lowest BCUT2D eigenvalue weighted by atomic mass is 9.72. The van der Waals surface area contributed by atoms with E-state index in [4.69, 9.17) is 9.15 Å². The Balaban J connectivity index is 1.59. The number of hydrogen-bond acceptors (Lipinski definition) is 6. The summed E-state index contributed by atoms with van der Waals surface area (Å²) in [5.41, 5.74) is 1.09. The molecule has 0 atom stereocenters. The lowest BCUT2D eigenvalue weighted by Crippen LogP contribution is -2.48. The lowest BCUT2D eigenvalue weighted by molar-refractivity contribution is -0.123. The molecule has 0 bridgehead atoms. The molecule has 0 radical (unpaired) electrons. The van der Waals surface area contributed by atoms with Crippen LogP contribution in [0.5, 0.6) is 5.75 Å². The molecule has 1 N–H and O–H groups in total. The van der Waals surface area contributed by atoms with Gasteiger partial charge in [0, 0.05) is 0 Å². The molecule has 0 aliphatic carbocycles. The van der Waals surface area contributed by atoms with Gasteiger partial charge in [-0.25, -0.2) is 0 Å². The fourth-order valence-corrected chi connectivity index (χ4v) is 3.93. The maximum atomic E-state index is 13.4. The van der Waals surface area contributed by atoms with Gasteiger partial charge >= 0.3 is 6.01 Å². The van der Waals surface area contributed by atoms with Crippen LogP contribution in [0.2, 0.25) is 0 Å². The van der Waals surface area contributed by atoms with Crippen molar-refractivity contribution in [1.82, 2.24) is 15.1 Å². The van der Waals surface area contributed by atoms with Crippen molar-refractivity contribution in [3.05, 3.63) is 60.2 Å². The van der Waals surface area contributed by atoms with Crippen LogP contribution in [-0.2, 0) is 10.2 Å². The molecule has 0 unspecified atom stereocenters. The molecule has 1 amide bonds. The minimum atomic E-state index is -0.619. The molecule has 7 heteroatoms. The Hall–Kier alpha value is -3.19. The van der Waals surface area contributed by atoms with E-state index >= 15 is 0 Å². The zero-order valence-corrected chi connectivity index (χ0v) is 17.3. The molecule has 2 aromatic carbocycles. The van der Waals surface area contributed by atoms with Gasteiger partial charge in [0.15, 0.2) is 0 Å². The lowest BCUT2D eigenvalue weighted by Gasteiger charge is -2.39. The Bertz CT molecular complexity index is 994. The van der Waals surface area contributed by atoms with Gasteiger partial charge in [-0.05, 0) is 57.6 Å². The maximum Gasteiger partial charge on any atom is 0.322 e. The summed E-state index contributed by atoms with van der Waals surface area (Å²) in [4.78, 5) is 15.7. The first-order chi connectivity index (χ1) is 14.6. The van der Waals surface area contributed by atoms with Gasteiger partial charge in [-0.3, -0.25) is 10.1 Å². The number of rotatable bonds is 6. The number of likely N-dealkylation sites (tertiary alicyclic amines) is 1. The highest BCUT2D eigenvalue weighted by Gasteiger charge is 2.42. The molecule has 4 rings (SSSR count). The topological polar surface area (TPSA) is 80.5 Å². The molecule has 30 heavy (non-hydrogen) atoms. The smallest absolute Gasteiger partial charge is 0.322 e. The van der Waals surface area contributed by atoms with Gasteiger partial charge in [0.2, 0.25) is 5.91 Å². The predicted octanol–water partition coefficient (Wildman–Crippen LogP) is 3.74. The third-order valence-electron chi connectivity index (χ3n) is 5.66. The Kier molecular flexibility index (Phi) is 5.81. The highest BCUT2D eigenvalue weighted by atomic mass is 16.5. The zero-order chi connectivity index (χ0) is 21.0. The van der Waals surface area contributed by atoms with Gasteiger partial charge in [0.05, 0.1) is 17.6 Å². The number of carbonyl (C=O) groups is 1. The molecule has 1 aromatic heterocycles. The van der Waals surface area contributed by atoms with Crippen LogP contribution in [0.3, 0.4) is 0 Å². The Labute approximate surface area is 176 Å². The van der Waals surface area contributed by atoms with E-state index in [1.807, 2.05) is 61.5 Å². The summed E-state index contributed by atoms with van der Waals surface area (Å²) in [7, 11) is 2.08. The fourth-order valence-electron chi connectivity index (χ4n) is 3.93. The second kappa shape index (κ2) is 8.67. The number of para-hydroxylation sites is 1. The Morgan fingerprint density at radius 3 is 2.53 bits per heavy atom. The van der Waals surface area contributed by atoms with Gasteiger partial charge in [-0.2, -0.15) is 0 Å². The number of amides is 1. The van der Waals surface area contributed by atoms with Crippen LogP contribution in [0.1, 0.15) is 25.3 Å². The molecule has 1 aliphatic heterocycles. The minimum Gasteiger partial charge on any atom is -0.493 e. The van der Waals surface area contributed by atoms with Crippen molar-refractivity contribution >= 4 is 11.9 Å². The molecule has 7 nitrogen and oxygen atoms in total. The van der Waals surface area contributed by atoms with Crippen molar-refractivity contribution in [2.75, 3.05) is 32.1 Å². The van der Waals surface area contributed by atoms with Crippen LogP contribution in [0.25, 0.3) is 11.5 Å². The number of nitrogens with zero attached hydrogens (tertiary/aromatic N) is 3. The summed E-state index contributed by atoms with van der Waals surface area (Å²) >= 11 is 0. The number of benzene rings is 2. The first kappa shape index (κ1) is 20.1. The van der Waals surface area contributed by atoms with Crippen LogP contribution >= 0.6 is 0 Å². The zero-order valence-electron chi connectivity index (χ0n) is 17.3. The summed E-state index contributed by atoms with van der Waals surface area (Å²) in [6.45, 7) is 4.14. The first-order valence-electron chi connectivity index (χ1n) is 10.2. The van der Waals surface area contributed by atoms with E-state index in [1.54, 1.807) is 0 Å². The third kappa shape index (κ3) is 3.93. The van der Waals surface area contributed by atoms with Crippen molar-refractivity contribution in [3.8, 4) is 17.2 Å². The molecule has 156 valence electrons. The second-order valence-corrected chi connectivity index (χ2v) is 7.55. The van der Waals surface area contributed by atoms with Crippen molar-refractivity contribution in [3.63, 3.8) is 0 Å². The summed E-state index contributed by atoms with van der Waals surface area (Å²) in [6.07, 6.45) is 1.46. The van der Waals surface area contributed by atoms with Crippen molar-refractivity contribution in [2.24, 2.45) is 0 Å². The van der Waals surface area contributed by atoms with E-state index in [-0.39, 0.29) is 11.9 Å². The Morgan fingerprint density at radius 1 is 1.10 bits per heavy atom. The monoisotopic (exact) mass is 406 g/mol. The minimum absolute atomic E-state index is 0.0931. The standard InChI is InChI=1S/C23H26N4O3/c1-3-29-19-12-8-7-11-18(19)20-25-26-22(30-20)24-21(28)23(13-15-27(2)16-14-23)17-9-5-4-6-10-17/h4-12H,3,13-16H2,1-2H3,(H,24,26,28). The normalized spacial score (nSPS) is 16.2. The van der Waals surface area contributed by atoms with Crippen molar-refractivity contribution in [2.45, 2.75) is 25.2 Å². The van der Waals surface area contributed by atoms with Gasteiger partial charge in [-0.1, -0.05) is 47.6 Å². The van der Waals surface area contributed by atoms with Crippen LogP contribution in [0.15, 0.2) is 59.0 Å². The molecular formula is C23H26N4O3. The van der Waals surface area contributed by atoms with E-state index < -0.39 is 5.41 Å². The summed E-state index contributed by atoms with van der Waals surface area (Å²) in [6, 6.07) is 17.5. The molecule has 3 aromatic rings. The number of carbonyl (C=O) groups excluding carboxylic acids is 1. The molecule has 0 saturated carbocycles. The third-order valence-corrected chi connectivity index (χ3v) is 5.66. The molecule has 1 fully saturated rings. The average Bonchev–Trinajstić information content (AvgIpc) is 3.24. The van der Waals surface area contributed by atoms with E-state index in [0.717, 1.165) is 31.5 Å². The average molecular weight is 406 g/mol. The Morgan fingerprint density at radius 2 is 1.80 bits per heavy atom. The van der Waals surface area contributed by atoms with Crippen molar-refractivity contribution < 1.29 is 13.9 Å². The van der Waals surface area contributed by atoms with Gasteiger partial charge in [0.1, 0.15) is 5.75 Å². The quantitative estimate of drug-likeness (QED) is 0.672. The van der Waals surface area contributed by atoms with Crippen LogP contribution in [0, 0.1) is 0 Å². The maximum absolute atomic E-state index is 13.4. The number of ether oxygens (including phenoxy) is 1. The van der Waals surface area contributed by atoms with E-state index in [9.17, 15) is 4.79 Å².